The third-order valence-corrected chi connectivity index (χ3v) is 5.97. The van der Waals surface area contributed by atoms with Gasteiger partial charge in [0, 0.05) is 13.1 Å². The quantitative estimate of drug-likeness (QED) is 0.372. The lowest BCUT2D eigenvalue weighted by Crippen LogP contribution is -2.46. The van der Waals surface area contributed by atoms with Crippen LogP contribution in [-0.2, 0) is 18.7 Å². The maximum Gasteiger partial charge on any atom is 0.165 e. The van der Waals surface area contributed by atoms with Crippen LogP contribution in [0, 0.1) is 0 Å². The van der Waals surface area contributed by atoms with Gasteiger partial charge in [-0.15, -0.1) is 0 Å². The molecule has 0 radical (unpaired) electrons. The molecule has 4 aromatic rings. The molecule has 4 rings (SSSR count). The van der Waals surface area contributed by atoms with E-state index in [0.29, 0.717) is 18.1 Å². The van der Waals surface area contributed by atoms with Gasteiger partial charge >= 0.3 is 0 Å². The second-order valence-electron chi connectivity index (χ2n) is 7.57. The average molecular weight is 424 g/mol. The number of hydrogen-bond donors (Lipinski definition) is 1. The van der Waals surface area contributed by atoms with Gasteiger partial charge in [0.25, 0.3) is 0 Å². The number of nitrogens with zero attached hydrogens (tertiary/aromatic N) is 1. The Labute approximate surface area is 189 Å². The summed E-state index contributed by atoms with van der Waals surface area (Å²) < 4.78 is 0. The summed E-state index contributed by atoms with van der Waals surface area (Å²) in [4.78, 5) is 2.58. The van der Waals surface area contributed by atoms with Crippen LogP contribution in [-0.4, -0.2) is 15.0 Å². The first kappa shape index (κ1) is 21.0. The molecule has 154 valence electrons. The third-order valence-electron chi connectivity index (χ3n) is 5.41. The summed E-state index contributed by atoms with van der Waals surface area (Å²) in [6, 6.07) is 39.8. The van der Waals surface area contributed by atoms with Gasteiger partial charge in [0.15, 0.2) is 5.60 Å². The van der Waals surface area contributed by atoms with Crippen LogP contribution in [0.5, 0.6) is 0 Å². The number of rotatable bonds is 7. The van der Waals surface area contributed by atoms with Crippen molar-refractivity contribution in [3.63, 3.8) is 0 Å². The summed E-state index contributed by atoms with van der Waals surface area (Å²) in [7, 11) is 0. The molecule has 1 N–H and O–H groups in total. The monoisotopic (exact) mass is 423 g/mol. The van der Waals surface area contributed by atoms with Crippen LogP contribution in [0.15, 0.2) is 121 Å². The molecule has 0 aliphatic rings. The Morgan fingerprint density at radius 1 is 0.581 bits per heavy atom. The largest absolute Gasteiger partial charge is 0.374 e. The summed E-state index contributed by atoms with van der Waals surface area (Å²) >= 11 is 6.05. The van der Waals surface area contributed by atoms with Gasteiger partial charge in [-0.1, -0.05) is 134 Å². The van der Waals surface area contributed by atoms with E-state index in [1.807, 2.05) is 97.1 Å². The topological polar surface area (TPSA) is 23.5 Å². The second kappa shape index (κ2) is 9.69. The Bertz CT molecular complexity index is 1020. The molecule has 0 saturated heterocycles. The minimum Gasteiger partial charge on any atom is -0.374 e. The van der Waals surface area contributed by atoms with E-state index in [1.165, 1.54) is 0 Å². The van der Waals surface area contributed by atoms with Crippen LogP contribution in [0.3, 0.4) is 0 Å². The number of aliphatic hydroxyl groups is 1. The lowest BCUT2D eigenvalue weighted by molar-refractivity contribution is 0.139. The van der Waals surface area contributed by atoms with Crippen LogP contribution in [0.25, 0.3) is 0 Å². The van der Waals surface area contributed by atoms with E-state index < -0.39 is 5.60 Å². The van der Waals surface area contributed by atoms with Crippen molar-refractivity contribution in [1.82, 2.24) is 4.90 Å². The molecule has 0 atom stereocenters. The van der Waals surface area contributed by atoms with Gasteiger partial charge in [-0.25, -0.2) is 0 Å². The smallest absolute Gasteiger partial charge is 0.165 e. The summed E-state index contributed by atoms with van der Waals surface area (Å²) in [5.41, 5.74) is 2.39. The molecule has 0 unspecified atom stereocenters. The van der Waals surface area contributed by atoms with E-state index in [9.17, 15) is 5.11 Å². The maximum atomic E-state index is 12.2. The SMILES string of the molecule is OC(C(=S)N(Cc1ccccc1)Cc1ccccc1)(c1ccccc1)c1ccccc1. The zero-order valence-electron chi connectivity index (χ0n) is 17.3. The standard InChI is InChI=1S/C28H25NOS/c30-28(25-17-9-3-10-18-25,26-19-11-4-12-20-26)27(31)29(21-23-13-5-1-6-14-23)22-24-15-7-2-8-16-24/h1-20,30H,21-22H2. The average Bonchev–Trinajstić information content (AvgIpc) is 2.85. The van der Waals surface area contributed by atoms with Crippen molar-refractivity contribution in [1.29, 1.82) is 0 Å². The Morgan fingerprint density at radius 3 is 1.26 bits per heavy atom. The van der Waals surface area contributed by atoms with Crippen LogP contribution in [0.4, 0.5) is 0 Å². The molecule has 2 nitrogen and oxygen atoms in total. The van der Waals surface area contributed by atoms with Gasteiger partial charge in [0.2, 0.25) is 0 Å². The molecule has 31 heavy (non-hydrogen) atoms. The maximum absolute atomic E-state index is 12.2. The van der Waals surface area contributed by atoms with Crippen LogP contribution in [0.2, 0.25) is 0 Å². The van der Waals surface area contributed by atoms with Crippen molar-refractivity contribution in [2.24, 2.45) is 0 Å². The Kier molecular flexibility index (Phi) is 6.56. The first-order valence-electron chi connectivity index (χ1n) is 10.4. The normalized spacial score (nSPS) is 11.1. The van der Waals surface area contributed by atoms with Crippen molar-refractivity contribution in [3.05, 3.63) is 144 Å². The van der Waals surface area contributed by atoms with Crippen molar-refractivity contribution in [2.45, 2.75) is 18.7 Å². The van der Waals surface area contributed by atoms with Gasteiger partial charge in [-0.2, -0.15) is 0 Å². The Morgan fingerprint density at radius 2 is 0.903 bits per heavy atom. The highest BCUT2D eigenvalue weighted by Crippen LogP contribution is 2.34. The summed E-state index contributed by atoms with van der Waals surface area (Å²) in [5, 5.41) is 12.2. The van der Waals surface area contributed by atoms with Gasteiger partial charge in [-0.3, -0.25) is 0 Å². The molecule has 0 aliphatic heterocycles. The first-order chi connectivity index (χ1) is 15.2. The molecule has 0 heterocycles. The first-order valence-corrected chi connectivity index (χ1v) is 10.8. The minimum absolute atomic E-state index is 0.484. The van der Waals surface area contributed by atoms with Crippen LogP contribution < -0.4 is 0 Å². The van der Waals surface area contributed by atoms with Crippen molar-refractivity contribution in [2.75, 3.05) is 0 Å². The van der Waals surface area contributed by atoms with Gasteiger partial charge in [-0.05, 0) is 22.3 Å². The Hall–Kier alpha value is -3.27. The second-order valence-corrected chi connectivity index (χ2v) is 7.96. The van der Waals surface area contributed by atoms with Crippen molar-refractivity contribution >= 4 is 17.2 Å². The number of hydrogen-bond acceptors (Lipinski definition) is 2. The Balaban J connectivity index is 1.78. The molecule has 0 saturated carbocycles. The third kappa shape index (κ3) is 4.74. The van der Waals surface area contributed by atoms with Gasteiger partial charge in [0.1, 0.15) is 4.99 Å². The molecule has 4 aromatic carbocycles. The van der Waals surface area contributed by atoms with E-state index in [0.717, 1.165) is 22.3 Å². The summed E-state index contributed by atoms with van der Waals surface area (Å²) in [6.45, 7) is 1.22. The molecular weight excluding hydrogens is 398 g/mol. The van der Waals surface area contributed by atoms with E-state index in [1.54, 1.807) is 0 Å². The fraction of sp³-hybridized carbons (Fsp3) is 0.107. The van der Waals surface area contributed by atoms with E-state index in [-0.39, 0.29) is 0 Å². The number of benzene rings is 4. The van der Waals surface area contributed by atoms with E-state index in [2.05, 4.69) is 29.2 Å². The minimum atomic E-state index is -1.42. The molecule has 0 fully saturated rings. The van der Waals surface area contributed by atoms with Crippen LogP contribution >= 0.6 is 12.2 Å². The predicted octanol–water partition coefficient (Wildman–Crippen LogP) is 5.95. The van der Waals surface area contributed by atoms with Crippen molar-refractivity contribution in [3.8, 4) is 0 Å². The zero-order chi connectivity index (χ0) is 21.5. The molecule has 0 amide bonds. The highest BCUT2D eigenvalue weighted by atomic mass is 32.1. The lowest BCUT2D eigenvalue weighted by Gasteiger charge is -2.37. The molecular formula is C28H25NOS. The fourth-order valence-corrected chi connectivity index (χ4v) is 4.17. The molecule has 0 aromatic heterocycles. The van der Waals surface area contributed by atoms with Crippen molar-refractivity contribution < 1.29 is 5.11 Å². The zero-order valence-corrected chi connectivity index (χ0v) is 18.1. The fourth-order valence-electron chi connectivity index (χ4n) is 3.81. The lowest BCUT2D eigenvalue weighted by atomic mass is 9.85. The molecule has 3 heteroatoms. The van der Waals surface area contributed by atoms with Crippen LogP contribution in [0.1, 0.15) is 22.3 Å². The highest BCUT2D eigenvalue weighted by Gasteiger charge is 2.39. The van der Waals surface area contributed by atoms with E-state index >= 15 is 0 Å². The summed E-state index contributed by atoms with van der Waals surface area (Å²) in [6.07, 6.45) is 0. The predicted molar refractivity (Wildman–Crippen MR) is 131 cm³/mol. The molecule has 0 aliphatic carbocycles. The molecule has 0 bridgehead atoms. The van der Waals surface area contributed by atoms with Gasteiger partial charge in [0.05, 0.1) is 0 Å². The molecule has 0 spiro atoms. The highest BCUT2D eigenvalue weighted by molar-refractivity contribution is 7.80. The van der Waals surface area contributed by atoms with Gasteiger partial charge < -0.3 is 10.0 Å². The van der Waals surface area contributed by atoms with E-state index in [4.69, 9.17) is 12.2 Å². The summed E-state index contributed by atoms with van der Waals surface area (Å²) in [5.74, 6) is 0. The number of thiocarbonyl (C=S) groups is 1.